The summed E-state index contributed by atoms with van der Waals surface area (Å²) in [5.41, 5.74) is 0.905. The van der Waals surface area contributed by atoms with Gasteiger partial charge in [-0.05, 0) is 38.1 Å². The quantitative estimate of drug-likeness (QED) is 0.591. The van der Waals surface area contributed by atoms with Crippen molar-refractivity contribution in [3.63, 3.8) is 0 Å². The molecule has 0 aliphatic carbocycles. The van der Waals surface area contributed by atoms with Crippen LogP contribution in [-0.2, 0) is 14.3 Å². The number of para-hydroxylation sites is 1. The average Bonchev–Trinajstić information content (AvgIpc) is 2.62. The Morgan fingerprint density at radius 3 is 2.54 bits per heavy atom. The molecule has 136 valence electrons. The Balaban J connectivity index is 1.85. The number of nitrogens with one attached hydrogen (secondary N) is 1. The summed E-state index contributed by atoms with van der Waals surface area (Å²) >= 11 is 5.96. The predicted molar refractivity (Wildman–Crippen MR) is 97.6 cm³/mol. The molecule has 2 aromatic carbocycles. The minimum Gasteiger partial charge on any atom is -0.482 e. The van der Waals surface area contributed by atoms with E-state index in [0.717, 1.165) is 0 Å². The van der Waals surface area contributed by atoms with Crippen LogP contribution in [0.1, 0.15) is 24.2 Å². The third-order valence-corrected chi connectivity index (χ3v) is 3.74. The number of rotatable bonds is 7. The molecule has 0 aliphatic rings. The standard InChI is InChI=1S/C19H18ClNO5/c1-12(22)14-6-5-7-15(10-14)25-11-18(23)26-13(2)19(24)21-17-9-4-3-8-16(17)20/h3-10,13H,11H2,1-2H3,(H,21,24)/t13-/m0/s1. The van der Waals surface area contributed by atoms with Crippen molar-refractivity contribution in [1.29, 1.82) is 0 Å². The van der Waals surface area contributed by atoms with E-state index in [-0.39, 0.29) is 12.4 Å². The normalized spacial score (nSPS) is 11.3. The molecule has 6 nitrogen and oxygen atoms in total. The van der Waals surface area contributed by atoms with Crippen molar-refractivity contribution in [2.75, 3.05) is 11.9 Å². The fraction of sp³-hybridized carbons (Fsp3) is 0.211. The summed E-state index contributed by atoms with van der Waals surface area (Å²) < 4.78 is 10.3. The summed E-state index contributed by atoms with van der Waals surface area (Å²) in [6.45, 7) is 2.50. The van der Waals surface area contributed by atoms with Gasteiger partial charge in [0.2, 0.25) is 0 Å². The number of Topliss-reactive ketones (excluding diaryl/α,β-unsaturated/α-hetero) is 1. The lowest BCUT2D eigenvalue weighted by atomic mass is 10.1. The van der Waals surface area contributed by atoms with Gasteiger partial charge in [-0.15, -0.1) is 0 Å². The summed E-state index contributed by atoms with van der Waals surface area (Å²) in [5.74, 6) is -0.962. The number of carbonyl (C=O) groups is 3. The Kier molecular flexibility index (Phi) is 6.74. The smallest absolute Gasteiger partial charge is 0.344 e. The van der Waals surface area contributed by atoms with E-state index in [9.17, 15) is 14.4 Å². The van der Waals surface area contributed by atoms with Crippen LogP contribution in [0.15, 0.2) is 48.5 Å². The molecule has 2 rings (SSSR count). The van der Waals surface area contributed by atoms with Gasteiger partial charge in [0.25, 0.3) is 5.91 Å². The minimum atomic E-state index is -1.02. The molecule has 7 heteroatoms. The highest BCUT2D eigenvalue weighted by molar-refractivity contribution is 6.33. The van der Waals surface area contributed by atoms with Crippen LogP contribution in [0.4, 0.5) is 5.69 Å². The largest absolute Gasteiger partial charge is 0.482 e. The number of halogens is 1. The van der Waals surface area contributed by atoms with Gasteiger partial charge in [0, 0.05) is 5.56 Å². The number of hydrogen-bond donors (Lipinski definition) is 1. The molecule has 0 bridgehead atoms. The van der Waals surface area contributed by atoms with Crippen molar-refractivity contribution in [1.82, 2.24) is 0 Å². The van der Waals surface area contributed by atoms with Gasteiger partial charge in [-0.3, -0.25) is 9.59 Å². The highest BCUT2D eigenvalue weighted by atomic mass is 35.5. The maximum absolute atomic E-state index is 12.1. The Morgan fingerprint density at radius 2 is 1.85 bits per heavy atom. The molecule has 1 amide bonds. The van der Waals surface area contributed by atoms with Gasteiger partial charge in [0.15, 0.2) is 18.5 Å². The number of hydrogen-bond acceptors (Lipinski definition) is 5. The van der Waals surface area contributed by atoms with Crippen molar-refractivity contribution in [3.05, 3.63) is 59.1 Å². The first kappa shape index (κ1) is 19.5. The van der Waals surface area contributed by atoms with Crippen LogP contribution >= 0.6 is 11.6 Å². The molecule has 26 heavy (non-hydrogen) atoms. The molecule has 0 aromatic heterocycles. The van der Waals surface area contributed by atoms with Crippen molar-refractivity contribution in [2.24, 2.45) is 0 Å². The second-order valence-electron chi connectivity index (χ2n) is 5.47. The van der Waals surface area contributed by atoms with Gasteiger partial charge >= 0.3 is 5.97 Å². The summed E-state index contributed by atoms with van der Waals surface area (Å²) in [6.07, 6.45) is -1.02. The van der Waals surface area contributed by atoms with E-state index < -0.39 is 18.0 Å². The lowest BCUT2D eigenvalue weighted by Gasteiger charge is -2.14. The number of ether oxygens (including phenoxy) is 2. The van der Waals surface area contributed by atoms with E-state index >= 15 is 0 Å². The maximum Gasteiger partial charge on any atom is 0.344 e. The zero-order valence-electron chi connectivity index (χ0n) is 14.3. The molecule has 0 heterocycles. The highest BCUT2D eigenvalue weighted by Crippen LogP contribution is 2.20. The van der Waals surface area contributed by atoms with Crippen molar-refractivity contribution < 1.29 is 23.9 Å². The first-order valence-electron chi connectivity index (χ1n) is 7.85. The Hall–Kier alpha value is -2.86. The number of benzene rings is 2. The molecule has 0 radical (unpaired) electrons. The van der Waals surface area contributed by atoms with E-state index in [1.165, 1.54) is 19.9 Å². The van der Waals surface area contributed by atoms with Gasteiger partial charge in [-0.25, -0.2) is 4.79 Å². The van der Waals surface area contributed by atoms with Crippen molar-refractivity contribution in [3.8, 4) is 5.75 Å². The van der Waals surface area contributed by atoms with Gasteiger partial charge in [0.05, 0.1) is 10.7 Å². The SMILES string of the molecule is CC(=O)c1cccc(OCC(=O)O[C@@H](C)C(=O)Nc2ccccc2Cl)c1. The number of ketones is 1. The topological polar surface area (TPSA) is 81.7 Å². The molecule has 1 atom stereocenters. The van der Waals surface area contributed by atoms with E-state index in [0.29, 0.717) is 22.0 Å². The maximum atomic E-state index is 12.1. The van der Waals surface area contributed by atoms with Crippen LogP contribution in [-0.4, -0.2) is 30.4 Å². The zero-order chi connectivity index (χ0) is 19.1. The highest BCUT2D eigenvalue weighted by Gasteiger charge is 2.19. The van der Waals surface area contributed by atoms with Crippen LogP contribution in [0.3, 0.4) is 0 Å². The van der Waals surface area contributed by atoms with Crippen LogP contribution in [0.25, 0.3) is 0 Å². The van der Waals surface area contributed by atoms with E-state index in [4.69, 9.17) is 21.1 Å². The van der Waals surface area contributed by atoms with Gasteiger partial charge in [-0.1, -0.05) is 35.9 Å². The van der Waals surface area contributed by atoms with Crippen LogP contribution in [0.2, 0.25) is 5.02 Å². The molecule has 0 aliphatic heterocycles. The molecule has 0 saturated heterocycles. The second-order valence-corrected chi connectivity index (χ2v) is 5.88. The van der Waals surface area contributed by atoms with Crippen LogP contribution in [0.5, 0.6) is 5.75 Å². The number of anilines is 1. The van der Waals surface area contributed by atoms with Gasteiger partial charge in [0.1, 0.15) is 5.75 Å². The van der Waals surface area contributed by atoms with E-state index in [2.05, 4.69) is 5.32 Å². The summed E-state index contributed by atoms with van der Waals surface area (Å²) in [5, 5.41) is 2.97. The first-order valence-corrected chi connectivity index (χ1v) is 8.23. The Morgan fingerprint density at radius 1 is 1.12 bits per heavy atom. The lowest BCUT2D eigenvalue weighted by molar-refractivity contribution is -0.155. The molecule has 1 N–H and O–H groups in total. The molecule has 0 unspecified atom stereocenters. The Labute approximate surface area is 156 Å². The van der Waals surface area contributed by atoms with Crippen LogP contribution in [0, 0.1) is 0 Å². The lowest BCUT2D eigenvalue weighted by Crippen LogP contribution is -2.31. The van der Waals surface area contributed by atoms with E-state index in [1.807, 2.05) is 0 Å². The fourth-order valence-electron chi connectivity index (χ4n) is 2.03. The van der Waals surface area contributed by atoms with Crippen molar-refractivity contribution in [2.45, 2.75) is 20.0 Å². The zero-order valence-corrected chi connectivity index (χ0v) is 15.1. The summed E-state index contributed by atoms with van der Waals surface area (Å²) in [6, 6.07) is 13.2. The summed E-state index contributed by atoms with van der Waals surface area (Å²) in [7, 11) is 0. The van der Waals surface area contributed by atoms with Crippen LogP contribution < -0.4 is 10.1 Å². The number of esters is 1. The summed E-state index contributed by atoms with van der Waals surface area (Å²) in [4.78, 5) is 35.2. The monoisotopic (exact) mass is 375 g/mol. The van der Waals surface area contributed by atoms with E-state index in [1.54, 1.807) is 42.5 Å². The third-order valence-electron chi connectivity index (χ3n) is 3.41. The fourth-order valence-corrected chi connectivity index (χ4v) is 2.21. The molecular weight excluding hydrogens is 358 g/mol. The molecule has 0 saturated carbocycles. The van der Waals surface area contributed by atoms with Gasteiger partial charge < -0.3 is 14.8 Å². The number of amides is 1. The van der Waals surface area contributed by atoms with Gasteiger partial charge in [-0.2, -0.15) is 0 Å². The minimum absolute atomic E-state index is 0.108. The predicted octanol–water partition coefficient (Wildman–Crippen LogP) is 3.49. The molecule has 2 aromatic rings. The molecule has 0 fully saturated rings. The second kappa shape index (κ2) is 9.01. The average molecular weight is 376 g/mol. The number of carbonyl (C=O) groups excluding carboxylic acids is 3. The van der Waals surface area contributed by atoms with Crippen molar-refractivity contribution >= 4 is 34.9 Å². The first-order chi connectivity index (χ1) is 12.4. The molecule has 0 spiro atoms. The molecular formula is C19H18ClNO5. The third kappa shape index (κ3) is 5.60. The Bertz CT molecular complexity index is 821.